The molecule has 4 rings (SSSR count). The van der Waals surface area contributed by atoms with Crippen molar-refractivity contribution >= 4 is 46.0 Å². The van der Waals surface area contributed by atoms with Gasteiger partial charge in [0.2, 0.25) is 0 Å². The first kappa shape index (κ1) is 17.4. The summed E-state index contributed by atoms with van der Waals surface area (Å²) in [6, 6.07) is 18.4. The van der Waals surface area contributed by atoms with E-state index in [2.05, 4.69) is 45.7 Å². The van der Waals surface area contributed by atoms with Gasteiger partial charge in [-0.1, -0.05) is 47.6 Å². The molecule has 2 heterocycles. The van der Waals surface area contributed by atoms with Gasteiger partial charge >= 0.3 is 0 Å². The lowest BCUT2D eigenvalue weighted by atomic mass is 10.2. The molecule has 2 aromatic carbocycles. The van der Waals surface area contributed by atoms with Gasteiger partial charge in [0.1, 0.15) is 11.5 Å². The number of nitrogens with zero attached hydrogens (tertiary/aromatic N) is 4. The summed E-state index contributed by atoms with van der Waals surface area (Å²) < 4.78 is 1.97. The summed E-state index contributed by atoms with van der Waals surface area (Å²) in [5.74, 6) is 0.678. The summed E-state index contributed by atoms with van der Waals surface area (Å²) in [4.78, 5) is 5.74. The Labute approximate surface area is 165 Å². The summed E-state index contributed by atoms with van der Waals surface area (Å²) in [6.07, 6.45) is 3.78. The maximum absolute atomic E-state index is 6.42. The van der Waals surface area contributed by atoms with Gasteiger partial charge in [-0.3, -0.25) is 4.57 Å². The SMILES string of the molecule is CSc1ccc2cc(CSc3nncn3-c3ccccc3)c(Cl)nc2c1. The first-order chi connectivity index (χ1) is 12.7. The summed E-state index contributed by atoms with van der Waals surface area (Å²) in [7, 11) is 0. The van der Waals surface area contributed by atoms with Gasteiger partial charge in [-0.05, 0) is 36.6 Å². The Hall–Kier alpha value is -2.02. The minimum absolute atomic E-state index is 0.536. The topological polar surface area (TPSA) is 43.6 Å². The van der Waals surface area contributed by atoms with Crippen molar-refractivity contribution in [1.82, 2.24) is 19.7 Å². The van der Waals surface area contributed by atoms with E-state index in [1.807, 2.05) is 34.9 Å². The van der Waals surface area contributed by atoms with Crippen LogP contribution in [0, 0.1) is 0 Å². The highest BCUT2D eigenvalue weighted by Gasteiger charge is 2.11. The van der Waals surface area contributed by atoms with Crippen molar-refractivity contribution in [3.63, 3.8) is 0 Å². The Kier molecular flexibility index (Phi) is 5.15. The molecule has 0 N–H and O–H groups in total. The van der Waals surface area contributed by atoms with Gasteiger partial charge in [-0.2, -0.15) is 0 Å². The molecule has 0 spiro atoms. The van der Waals surface area contributed by atoms with Gasteiger partial charge in [0, 0.05) is 27.3 Å². The molecular formula is C19H15ClN4S2. The first-order valence-electron chi connectivity index (χ1n) is 7.96. The molecule has 0 amide bonds. The van der Waals surface area contributed by atoms with Crippen molar-refractivity contribution in [2.75, 3.05) is 6.26 Å². The van der Waals surface area contributed by atoms with Gasteiger partial charge < -0.3 is 0 Å². The Balaban J connectivity index is 1.59. The molecule has 0 aliphatic heterocycles. The lowest BCUT2D eigenvalue weighted by Gasteiger charge is -2.08. The van der Waals surface area contributed by atoms with Crippen molar-refractivity contribution in [2.24, 2.45) is 0 Å². The van der Waals surface area contributed by atoms with E-state index in [4.69, 9.17) is 11.6 Å². The van der Waals surface area contributed by atoms with Crippen LogP contribution in [0.15, 0.2) is 71.0 Å². The Bertz CT molecular complexity index is 1050. The van der Waals surface area contributed by atoms with Gasteiger partial charge in [0.15, 0.2) is 5.16 Å². The van der Waals surface area contributed by atoms with Crippen LogP contribution in [-0.2, 0) is 5.75 Å². The smallest absolute Gasteiger partial charge is 0.195 e. The average Bonchev–Trinajstić information content (AvgIpc) is 3.15. The number of benzene rings is 2. The van der Waals surface area contributed by atoms with Crippen molar-refractivity contribution in [2.45, 2.75) is 15.8 Å². The van der Waals surface area contributed by atoms with Crippen LogP contribution in [0.25, 0.3) is 16.6 Å². The monoisotopic (exact) mass is 398 g/mol. The van der Waals surface area contributed by atoms with Gasteiger partial charge in [0.05, 0.1) is 5.52 Å². The number of aromatic nitrogens is 4. The molecule has 0 bridgehead atoms. The minimum Gasteiger partial charge on any atom is -0.277 e. The molecule has 0 saturated heterocycles. The highest BCUT2D eigenvalue weighted by atomic mass is 35.5. The largest absolute Gasteiger partial charge is 0.277 e. The second kappa shape index (κ2) is 7.70. The molecule has 0 radical (unpaired) electrons. The highest BCUT2D eigenvalue weighted by Crippen LogP contribution is 2.29. The van der Waals surface area contributed by atoms with Crippen molar-refractivity contribution in [3.05, 3.63) is 71.6 Å². The predicted octanol–water partition coefficient (Wildman–Crippen LogP) is 5.48. The average molecular weight is 399 g/mol. The van der Waals surface area contributed by atoms with Crippen LogP contribution in [-0.4, -0.2) is 26.0 Å². The number of thioether (sulfide) groups is 2. The highest BCUT2D eigenvalue weighted by molar-refractivity contribution is 7.98. The molecule has 4 nitrogen and oxygen atoms in total. The number of pyridine rings is 1. The van der Waals surface area contributed by atoms with Gasteiger partial charge in [0.25, 0.3) is 0 Å². The number of halogens is 1. The molecule has 130 valence electrons. The third kappa shape index (κ3) is 3.58. The van der Waals surface area contributed by atoms with Crippen LogP contribution in [0.1, 0.15) is 5.56 Å². The summed E-state index contributed by atoms with van der Waals surface area (Å²) in [5.41, 5.74) is 2.94. The fourth-order valence-electron chi connectivity index (χ4n) is 2.63. The summed E-state index contributed by atoms with van der Waals surface area (Å²) >= 11 is 9.71. The Morgan fingerprint density at radius 1 is 1.08 bits per heavy atom. The van der Waals surface area contributed by atoms with E-state index in [9.17, 15) is 0 Å². The molecule has 0 aliphatic rings. The number of rotatable bonds is 5. The van der Waals surface area contributed by atoms with Gasteiger partial charge in [-0.15, -0.1) is 22.0 Å². The Morgan fingerprint density at radius 3 is 2.73 bits per heavy atom. The standard InChI is InChI=1S/C19H15ClN4S2/c1-25-16-8-7-13-9-14(18(20)22-17(13)10-16)11-26-19-23-21-12-24(19)15-5-3-2-4-6-15/h2-10,12H,11H2,1H3. The van der Waals surface area contributed by atoms with E-state index in [1.54, 1.807) is 29.9 Å². The number of hydrogen-bond donors (Lipinski definition) is 0. The zero-order chi connectivity index (χ0) is 17.9. The number of hydrogen-bond acceptors (Lipinski definition) is 5. The third-order valence-corrected chi connectivity index (χ3v) is 6.00. The lowest BCUT2D eigenvalue weighted by Crippen LogP contribution is -1.95. The van der Waals surface area contributed by atoms with Crippen molar-refractivity contribution < 1.29 is 0 Å². The van der Waals surface area contributed by atoms with Crippen LogP contribution in [0.3, 0.4) is 0 Å². The molecule has 0 fully saturated rings. The number of fused-ring (bicyclic) bond motifs is 1. The lowest BCUT2D eigenvalue weighted by molar-refractivity contribution is 0.883. The van der Waals surface area contributed by atoms with E-state index in [0.29, 0.717) is 10.9 Å². The van der Waals surface area contributed by atoms with E-state index in [1.165, 1.54) is 4.90 Å². The second-order valence-corrected chi connectivity index (χ2v) is 7.78. The zero-order valence-corrected chi connectivity index (χ0v) is 16.4. The van der Waals surface area contributed by atoms with Crippen molar-refractivity contribution in [3.8, 4) is 5.69 Å². The Morgan fingerprint density at radius 2 is 1.92 bits per heavy atom. The zero-order valence-electron chi connectivity index (χ0n) is 14.0. The fourth-order valence-corrected chi connectivity index (χ4v) is 4.25. The first-order valence-corrected chi connectivity index (χ1v) is 10.5. The molecule has 0 atom stereocenters. The fraction of sp³-hybridized carbons (Fsp3) is 0.105. The molecule has 7 heteroatoms. The van der Waals surface area contributed by atoms with Crippen LogP contribution >= 0.6 is 35.1 Å². The third-order valence-electron chi connectivity index (χ3n) is 3.96. The molecule has 26 heavy (non-hydrogen) atoms. The summed E-state index contributed by atoms with van der Waals surface area (Å²) in [6.45, 7) is 0. The maximum atomic E-state index is 6.42. The number of para-hydroxylation sites is 1. The molecule has 0 unspecified atom stereocenters. The summed E-state index contributed by atoms with van der Waals surface area (Å²) in [5, 5.41) is 10.7. The maximum Gasteiger partial charge on any atom is 0.195 e. The van der Waals surface area contributed by atoms with E-state index >= 15 is 0 Å². The van der Waals surface area contributed by atoms with E-state index < -0.39 is 0 Å². The predicted molar refractivity (Wildman–Crippen MR) is 109 cm³/mol. The van der Waals surface area contributed by atoms with Crippen LogP contribution in [0.4, 0.5) is 0 Å². The quantitative estimate of drug-likeness (QED) is 0.329. The van der Waals surface area contributed by atoms with Crippen LogP contribution < -0.4 is 0 Å². The van der Waals surface area contributed by atoms with E-state index in [0.717, 1.165) is 27.3 Å². The van der Waals surface area contributed by atoms with Crippen LogP contribution in [0.5, 0.6) is 0 Å². The molecule has 4 aromatic rings. The van der Waals surface area contributed by atoms with Crippen molar-refractivity contribution in [1.29, 1.82) is 0 Å². The molecule has 0 saturated carbocycles. The second-order valence-electron chi connectivity index (χ2n) is 5.60. The molecule has 0 aliphatic carbocycles. The molecular weight excluding hydrogens is 384 g/mol. The van der Waals surface area contributed by atoms with E-state index in [-0.39, 0.29) is 0 Å². The van der Waals surface area contributed by atoms with Crippen LogP contribution in [0.2, 0.25) is 5.15 Å². The molecule has 2 aromatic heterocycles. The normalized spacial score (nSPS) is 11.2. The minimum atomic E-state index is 0.536. The van der Waals surface area contributed by atoms with Gasteiger partial charge in [-0.25, -0.2) is 4.98 Å².